The van der Waals surface area contributed by atoms with Crippen molar-refractivity contribution in [2.24, 2.45) is 0 Å². The molecule has 1 heterocycles. The zero-order chi connectivity index (χ0) is 11.8. The van der Waals surface area contributed by atoms with E-state index in [1.165, 1.54) is 18.2 Å². The fourth-order valence-electron chi connectivity index (χ4n) is 1.08. The molecular formula is C8H4F3N3O2. The van der Waals surface area contributed by atoms with Gasteiger partial charge in [0.25, 0.3) is 0 Å². The van der Waals surface area contributed by atoms with Gasteiger partial charge in [-0.1, -0.05) is 6.07 Å². The molecule has 0 aliphatic heterocycles. The van der Waals surface area contributed by atoms with Crippen LogP contribution < -0.4 is 4.74 Å². The maximum Gasteiger partial charge on any atom is 0.491 e. The largest absolute Gasteiger partial charge is 0.491 e. The number of esters is 1. The Morgan fingerprint density at radius 3 is 2.75 bits per heavy atom. The first-order chi connectivity index (χ1) is 7.48. The maximum atomic E-state index is 11.9. The number of alkyl halides is 3. The Hall–Kier alpha value is -2.12. The van der Waals surface area contributed by atoms with Gasteiger partial charge in [0.05, 0.1) is 0 Å². The molecule has 2 rings (SSSR count). The highest BCUT2D eigenvalue weighted by atomic mass is 19.4. The van der Waals surface area contributed by atoms with E-state index in [1.54, 1.807) is 0 Å². The number of hydrogen-bond donors (Lipinski definition) is 1. The normalized spacial score (nSPS) is 11.7. The molecule has 0 aliphatic carbocycles. The monoisotopic (exact) mass is 231 g/mol. The average Bonchev–Trinajstić information content (AvgIpc) is 2.65. The number of benzene rings is 1. The third kappa shape index (κ3) is 1.81. The van der Waals surface area contributed by atoms with Crippen molar-refractivity contribution < 1.29 is 22.7 Å². The molecular weight excluding hydrogens is 227 g/mol. The number of aromatic nitrogens is 3. The minimum atomic E-state index is -5.04. The van der Waals surface area contributed by atoms with Gasteiger partial charge in [-0.2, -0.15) is 28.6 Å². The van der Waals surface area contributed by atoms with Crippen molar-refractivity contribution in [3.05, 3.63) is 18.2 Å². The number of fused-ring (bicyclic) bond motifs is 1. The SMILES string of the molecule is O=C(Oc1cccc2n[nH]nc12)C(F)(F)F. The molecule has 0 fully saturated rings. The van der Waals surface area contributed by atoms with Gasteiger partial charge in [-0.15, -0.1) is 0 Å². The number of nitrogens with zero attached hydrogens (tertiary/aromatic N) is 2. The van der Waals surface area contributed by atoms with Gasteiger partial charge in [-0.25, -0.2) is 4.79 Å². The highest BCUT2D eigenvalue weighted by Crippen LogP contribution is 2.24. The van der Waals surface area contributed by atoms with E-state index < -0.39 is 12.1 Å². The molecule has 0 saturated carbocycles. The Bertz CT molecular complexity index is 535. The Kier molecular flexibility index (Phi) is 2.26. The molecule has 0 amide bonds. The first kappa shape index (κ1) is 10.4. The summed E-state index contributed by atoms with van der Waals surface area (Å²) < 4.78 is 40.0. The molecule has 1 aromatic heterocycles. The standard InChI is InChI=1S/C8H4F3N3O2/c9-8(10,11)7(15)16-5-3-1-2-4-6(5)13-14-12-4/h1-3H,(H,12,13,14). The molecule has 0 saturated heterocycles. The van der Waals surface area contributed by atoms with Crippen molar-refractivity contribution in [1.82, 2.24) is 15.4 Å². The van der Waals surface area contributed by atoms with E-state index in [1.807, 2.05) is 0 Å². The zero-order valence-corrected chi connectivity index (χ0v) is 7.58. The molecule has 2 aromatic rings. The third-order valence-corrected chi connectivity index (χ3v) is 1.74. The number of rotatable bonds is 1. The van der Waals surface area contributed by atoms with Gasteiger partial charge < -0.3 is 4.74 Å². The summed E-state index contributed by atoms with van der Waals surface area (Å²) in [4.78, 5) is 10.6. The lowest BCUT2D eigenvalue weighted by Gasteiger charge is -2.06. The summed E-state index contributed by atoms with van der Waals surface area (Å²) in [5, 5.41) is 9.43. The van der Waals surface area contributed by atoms with E-state index in [4.69, 9.17) is 0 Å². The van der Waals surface area contributed by atoms with Crippen LogP contribution in [0.25, 0.3) is 11.0 Å². The number of halogens is 3. The Morgan fingerprint density at radius 1 is 1.31 bits per heavy atom. The third-order valence-electron chi connectivity index (χ3n) is 1.74. The number of hydrogen-bond acceptors (Lipinski definition) is 4. The van der Waals surface area contributed by atoms with Crippen LogP contribution in [0.3, 0.4) is 0 Å². The fraction of sp³-hybridized carbons (Fsp3) is 0.125. The molecule has 1 N–H and O–H groups in total. The minimum Gasteiger partial charge on any atom is -0.417 e. The van der Waals surface area contributed by atoms with E-state index in [0.29, 0.717) is 5.52 Å². The minimum absolute atomic E-state index is 0.0695. The van der Waals surface area contributed by atoms with Crippen LogP contribution in [0.2, 0.25) is 0 Å². The second-order valence-electron chi connectivity index (χ2n) is 2.83. The van der Waals surface area contributed by atoms with E-state index >= 15 is 0 Å². The zero-order valence-electron chi connectivity index (χ0n) is 7.58. The highest BCUT2D eigenvalue weighted by molar-refractivity contribution is 5.85. The maximum absolute atomic E-state index is 11.9. The molecule has 1 aromatic carbocycles. The summed E-state index contributed by atoms with van der Waals surface area (Å²) in [6.45, 7) is 0. The number of para-hydroxylation sites is 1. The number of carbonyl (C=O) groups excluding carboxylic acids is 1. The van der Waals surface area contributed by atoms with E-state index in [0.717, 1.165) is 0 Å². The van der Waals surface area contributed by atoms with Gasteiger partial charge in [0.1, 0.15) is 5.52 Å². The summed E-state index contributed by atoms with van der Waals surface area (Å²) in [6, 6.07) is 4.13. The molecule has 84 valence electrons. The van der Waals surface area contributed by atoms with Gasteiger partial charge in [0.15, 0.2) is 11.3 Å². The topological polar surface area (TPSA) is 67.9 Å². The number of H-pyrrole nitrogens is 1. The van der Waals surface area contributed by atoms with E-state index in [2.05, 4.69) is 20.1 Å². The summed E-state index contributed by atoms with van der Waals surface area (Å²) in [5.74, 6) is -2.57. The Morgan fingerprint density at radius 2 is 2.06 bits per heavy atom. The lowest BCUT2D eigenvalue weighted by molar-refractivity contribution is -0.189. The number of carbonyl (C=O) groups is 1. The van der Waals surface area contributed by atoms with Crippen LogP contribution in [-0.2, 0) is 4.79 Å². The summed E-state index contributed by atoms with van der Waals surface area (Å²) >= 11 is 0. The molecule has 16 heavy (non-hydrogen) atoms. The number of nitrogens with one attached hydrogen (secondary N) is 1. The lowest BCUT2D eigenvalue weighted by atomic mass is 10.3. The number of aromatic amines is 1. The predicted octanol–water partition coefficient (Wildman–Crippen LogP) is 1.43. The molecule has 0 aliphatic rings. The summed E-state index contributed by atoms with van der Waals surface area (Å²) in [5.41, 5.74) is 0.382. The van der Waals surface area contributed by atoms with Crippen molar-refractivity contribution in [2.75, 3.05) is 0 Å². The van der Waals surface area contributed by atoms with Crippen molar-refractivity contribution in [2.45, 2.75) is 6.18 Å². The molecule has 0 unspecified atom stereocenters. The van der Waals surface area contributed by atoms with E-state index in [-0.39, 0.29) is 11.3 Å². The highest BCUT2D eigenvalue weighted by Gasteiger charge is 2.41. The predicted molar refractivity (Wildman–Crippen MR) is 45.6 cm³/mol. The van der Waals surface area contributed by atoms with Crippen LogP contribution in [0.4, 0.5) is 13.2 Å². The van der Waals surface area contributed by atoms with Crippen LogP contribution in [0.5, 0.6) is 5.75 Å². The van der Waals surface area contributed by atoms with Crippen LogP contribution in [-0.4, -0.2) is 27.6 Å². The molecule has 0 radical (unpaired) electrons. The van der Waals surface area contributed by atoms with Crippen molar-refractivity contribution >= 4 is 17.0 Å². The van der Waals surface area contributed by atoms with E-state index in [9.17, 15) is 18.0 Å². The van der Waals surface area contributed by atoms with Crippen molar-refractivity contribution in [3.8, 4) is 5.75 Å². The fourth-order valence-corrected chi connectivity index (χ4v) is 1.08. The molecule has 5 nitrogen and oxygen atoms in total. The van der Waals surface area contributed by atoms with Gasteiger partial charge >= 0.3 is 12.1 Å². The quantitative estimate of drug-likeness (QED) is 0.595. The van der Waals surface area contributed by atoms with Crippen LogP contribution in [0, 0.1) is 0 Å². The lowest BCUT2D eigenvalue weighted by Crippen LogP contribution is -2.28. The number of ether oxygens (including phenoxy) is 1. The Balaban J connectivity index is 2.35. The van der Waals surface area contributed by atoms with Crippen LogP contribution in [0.15, 0.2) is 18.2 Å². The average molecular weight is 231 g/mol. The smallest absolute Gasteiger partial charge is 0.417 e. The van der Waals surface area contributed by atoms with Crippen molar-refractivity contribution in [3.63, 3.8) is 0 Å². The van der Waals surface area contributed by atoms with Gasteiger partial charge in [0, 0.05) is 0 Å². The molecule has 8 heteroatoms. The van der Waals surface area contributed by atoms with Crippen LogP contribution >= 0.6 is 0 Å². The molecule has 0 bridgehead atoms. The van der Waals surface area contributed by atoms with Crippen LogP contribution in [0.1, 0.15) is 0 Å². The second-order valence-corrected chi connectivity index (χ2v) is 2.83. The first-order valence-corrected chi connectivity index (χ1v) is 4.07. The molecule has 0 atom stereocenters. The summed E-state index contributed by atoms with van der Waals surface area (Å²) in [7, 11) is 0. The van der Waals surface area contributed by atoms with Gasteiger partial charge in [-0.3, -0.25) is 0 Å². The van der Waals surface area contributed by atoms with Crippen molar-refractivity contribution in [1.29, 1.82) is 0 Å². The Labute approximate surface area is 86.2 Å². The molecule has 0 spiro atoms. The first-order valence-electron chi connectivity index (χ1n) is 4.07. The van der Waals surface area contributed by atoms with Gasteiger partial charge in [0.2, 0.25) is 0 Å². The second kappa shape index (κ2) is 3.47. The van der Waals surface area contributed by atoms with Gasteiger partial charge in [-0.05, 0) is 12.1 Å². The summed E-state index contributed by atoms with van der Waals surface area (Å²) in [6.07, 6.45) is -5.04.